The van der Waals surface area contributed by atoms with Crippen molar-refractivity contribution in [1.29, 1.82) is 0 Å². The summed E-state index contributed by atoms with van der Waals surface area (Å²) in [5.74, 6) is 1.84. The molecule has 3 nitrogen and oxygen atoms in total. The maximum atomic E-state index is 6.91. The number of benzene rings is 5. The third-order valence-corrected chi connectivity index (χ3v) is 10.8. The van der Waals surface area contributed by atoms with Gasteiger partial charge in [0.2, 0.25) is 0 Å². The van der Waals surface area contributed by atoms with Crippen LogP contribution in [0.3, 0.4) is 0 Å². The van der Waals surface area contributed by atoms with E-state index in [2.05, 4.69) is 158 Å². The van der Waals surface area contributed by atoms with Crippen LogP contribution in [0.4, 0.5) is 0 Å². The second-order valence-corrected chi connectivity index (χ2v) is 13.5. The molecule has 0 N–H and O–H groups in total. The summed E-state index contributed by atoms with van der Waals surface area (Å²) in [6, 6.07) is 49.7. The van der Waals surface area contributed by atoms with Gasteiger partial charge in [-0.15, -0.1) is 0 Å². The zero-order chi connectivity index (χ0) is 33.1. The van der Waals surface area contributed by atoms with Gasteiger partial charge in [-0.1, -0.05) is 152 Å². The van der Waals surface area contributed by atoms with Crippen molar-refractivity contribution in [2.45, 2.75) is 30.8 Å². The number of hydrogen-bond acceptors (Lipinski definition) is 3. The number of aromatic nitrogens is 2. The number of fused-ring (bicyclic) bond motifs is 8. The summed E-state index contributed by atoms with van der Waals surface area (Å²) in [7, 11) is 0. The summed E-state index contributed by atoms with van der Waals surface area (Å²) in [5.41, 5.74) is 15.0. The Hall–Kier alpha value is -6.06. The van der Waals surface area contributed by atoms with E-state index < -0.39 is 5.41 Å². The van der Waals surface area contributed by atoms with E-state index in [0.717, 1.165) is 53.4 Å². The van der Waals surface area contributed by atoms with Gasteiger partial charge in [-0.25, -0.2) is 9.97 Å². The van der Waals surface area contributed by atoms with E-state index in [1.807, 2.05) is 6.07 Å². The van der Waals surface area contributed by atoms with Crippen LogP contribution in [0.2, 0.25) is 0 Å². The van der Waals surface area contributed by atoms with Crippen molar-refractivity contribution < 1.29 is 4.74 Å². The van der Waals surface area contributed by atoms with Crippen LogP contribution in [-0.2, 0) is 10.2 Å². The van der Waals surface area contributed by atoms with Crippen LogP contribution >= 0.6 is 0 Å². The minimum atomic E-state index is -0.423. The number of allylic oxidation sites excluding steroid dienone is 6. The predicted molar refractivity (Wildman–Crippen MR) is 202 cm³/mol. The highest BCUT2D eigenvalue weighted by atomic mass is 16.5. The SMILES string of the molecule is C1=CCC2OC3=C(C=C(c4cc(-c5ccc(-c6ccccc6)cc5)nc(-c5ccccc5)n4)CC3)C3(C2=C1)c1ccccc1-c1ccccc13. The molecule has 5 aromatic carbocycles. The molecular formula is C47H34N2O. The van der Waals surface area contributed by atoms with Gasteiger partial charge in [0.05, 0.1) is 16.8 Å². The fraction of sp³-hybridized carbons (Fsp3) is 0.106. The highest BCUT2D eigenvalue weighted by molar-refractivity contribution is 5.89. The van der Waals surface area contributed by atoms with Crippen LogP contribution in [0, 0.1) is 0 Å². The summed E-state index contributed by atoms with van der Waals surface area (Å²) in [6.07, 6.45) is 11.7. The molecule has 1 spiro atoms. The summed E-state index contributed by atoms with van der Waals surface area (Å²) in [4.78, 5) is 10.4. The van der Waals surface area contributed by atoms with Crippen LogP contribution < -0.4 is 0 Å². The van der Waals surface area contributed by atoms with Crippen molar-refractivity contribution in [3.63, 3.8) is 0 Å². The lowest BCUT2D eigenvalue weighted by atomic mass is 9.61. The molecule has 10 rings (SSSR count). The lowest BCUT2D eigenvalue weighted by Crippen LogP contribution is -2.42. The van der Waals surface area contributed by atoms with Crippen LogP contribution in [-0.4, -0.2) is 16.1 Å². The highest BCUT2D eigenvalue weighted by Gasteiger charge is 2.54. The second kappa shape index (κ2) is 11.5. The lowest BCUT2D eigenvalue weighted by molar-refractivity contribution is 0.111. The Labute approximate surface area is 292 Å². The quantitative estimate of drug-likeness (QED) is 0.192. The summed E-state index contributed by atoms with van der Waals surface area (Å²) < 4.78 is 6.91. The Balaban J connectivity index is 1.16. The smallest absolute Gasteiger partial charge is 0.160 e. The molecule has 1 aliphatic heterocycles. The van der Waals surface area contributed by atoms with Gasteiger partial charge < -0.3 is 4.74 Å². The van der Waals surface area contributed by atoms with E-state index in [9.17, 15) is 0 Å². The van der Waals surface area contributed by atoms with Gasteiger partial charge in [-0.3, -0.25) is 0 Å². The molecule has 6 aromatic rings. The topological polar surface area (TPSA) is 35.0 Å². The van der Waals surface area contributed by atoms with Crippen molar-refractivity contribution in [3.05, 3.63) is 198 Å². The van der Waals surface area contributed by atoms with E-state index in [1.165, 1.54) is 50.1 Å². The predicted octanol–water partition coefficient (Wildman–Crippen LogP) is 11.2. The van der Waals surface area contributed by atoms with E-state index in [4.69, 9.17) is 14.7 Å². The van der Waals surface area contributed by atoms with Gasteiger partial charge in [-0.2, -0.15) is 0 Å². The number of hydrogen-bond donors (Lipinski definition) is 0. The molecule has 238 valence electrons. The molecule has 0 radical (unpaired) electrons. The van der Waals surface area contributed by atoms with Crippen molar-refractivity contribution in [3.8, 4) is 44.9 Å². The van der Waals surface area contributed by atoms with Crippen molar-refractivity contribution in [2.75, 3.05) is 0 Å². The zero-order valence-electron chi connectivity index (χ0n) is 27.6. The summed E-state index contributed by atoms with van der Waals surface area (Å²) >= 11 is 0. The van der Waals surface area contributed by atoms with E-state index in [0.29, 0.717) is 0 Å². The Bertz CT molecular complexity index is 2370. The van der Waals surface area contributed by atoms with E-state index in [-0.39, 0.29) is 6.10 Å². The minimum absolute atomic E-state index is 0.0158. The fourth-order valence-corrected chi connectivity index (χ4v) is 8.54. The maximum Gasteiger partial charge on any atom is 0.160 e. The van der Waals surface area contributed by atoms with Crippen LogP contribution in [0.5, 0.6) is 0 Å². The van der Waals surface area contributed by atoms with E-state index in [1.54, 1.807) is 0 Å². The first-order valence-corrected chi connectivity index (χ1v) is 17.6. The number of rotatable bonds is 4. The minimum Gasteiger partial charge on any atom is -0.490 e. The molecule has 3 aliphatic carbocycles. The second-order valence-electron chi connectivity index (χ2n) is 13.5. The largest absolute Gasteiger partial charge is 0.490 e. The molecule has 4 aliphatic rings. The molecule has 2 heterocycles. The maximum absolute atomic E-state index is 6.91. The van der Waals surface area contributed by atoms with Gasteiger partial charge in [0, 0.05) is 29.5 Å². The Morgan fingerprint density at radius 1 is 0.580 bits per heavy atom. The third-order valence-electron chi connectivity index (χ3n) is 10.8. The van der Waals surface area contributed by atoms with Crippen molar-refractivity contribution >= 4 is 5.57 Å². The average molecular weight is 643 g/mol. The Morgan fingerprint density at radius 2 is 1.18 bits per heavy atom. The molecule has 0 saturated carbocycles. The van der Waals surface area contributed by atoms with Crippen molar-refractivity contribution in [2.24, 2.45) is 0 Å². The molecule has 0 saturated heterocycles. The molecule has 0 bridgehead atoms. The molecule has 1 atom stereocenters. The normalized spacial score (nSPS) is 18.0. The molecular weight excluding hydrogens is 609 g/mol. The van der Waals surface area contributed by atoms with E-state index >= 15 is 0 Å². The van der Waals surface area contributed by atoms with Crippen molar-refractivity contribution in [1.82, 2.24) is 9.97 Å². The van der Waals surface area contributed by atoms with Gasteiger partial charge in [0.1, 0.15) is 11.9 Å². The summed E-state index contributed by atoms with van der Waals surface area (Å²) in [6.45, 7) is 0. The average Bonchev–Trinajstić information content (AvgIpc) is 3.49. The molecule has 1 unspecified atom stereocenters. The standard InChI is InChI=1S/C47H34N2O/c1-3-13-31(14-4-1)32-23-25-33(26-24-32)42-30-43(49-46(48-42)34-15-5-2-6-16-34)35-27-28-45-41(29-35)47(40-21-11-12-22-44(40)50-45)38-19-9-7-17-36(38)37-18-8-10-20-39(37)47/h1-21,23-26,29-30,44H,22,27-28H2. The molecule has 3 heteroatoms. The first-order chi connectivity index (χ1) is 24.8. The van der Waals surface area contributed by atoms with Gasteiger partial charge >= 0.3 is 0 Å². The first kappa shape index (κ1) is 28.9. The summed E-state index contributed by atoms with van der Waals surface area (Å²) in [5, 5.41) is 0. The number of ether oxygens (including phenoxy) is 1. The molecule has 0 fully saturated rings. The number of nitrogens with zero attached hydrogens (tertiary/aromatic N) is 2. The highest BCUT2D eigenvalue weighted by Crippen LogP contribution is 2.62. The zero-order valence-corrected chi connectivity index (χ0v) is 27.6. The van der Waals surface area contributed by atoms with Crippen LogP contribution in [0.1, 0.15) is 36.1 Å². The van der Waals surface area contributed by atoms with Gasteiger partial charge in [-0.05, 0) is 63.1 Å². The molecule has 1 aromatic heterocycles. The van der Waals surface area contributed by atoms with Crippen LogP contribution in [0.15, 0.2) is 181 Å². The first-order valence-electron chi connectivity index (χ1n) is 17.6. The van der Waals surface area contributed by atoms with Gasteiger partial charge in [0.15, 0.2) is 5.82 Å². The lowest BCUT2D eigenvalue weighted by Gasteiger charge is -2.47. The fourth-order valence-electron chi connectivity index (χ4n) is 8.54. The van der Waals surface area contributed by atoms with Crippen LogP contribution in [0.25, 0.3) is 50.5 Å². The monoisotopic (exact) mass is 642 g/mol. The Kier molecular flexibility index (Phi) is 6.67. The third kappa shape index (κ3) is 4.43. The molecule has 50 heavy (non-hydrogen) atoms. The Morgan fingerprint density at radius 3 is 1.90 bits per heavy atom. The molecule has 0 amide bonds. The van der Waals surface area contributed by atoms with Gasteiger partial charge in [0.25, 0.3) is 0 Å².